The van der Waals surface area contributed by atoms with Crippen molar-refractivity contribution in [2.75, 3.05) is 11.8 Å². The molecule has 0 aliphatic rings. The molecule has 1 aromatic heterocycles. The molecule has 2 aromatic rings. The van der Waals surface area contributed by atoms with Crippen molar-refractivity contribution in [1.82, 2.24) is 10.2 Å². The van der Waals surface area contributed by atoms with Crippen LogP contribution in [-0.2, 0) is 16.6 Å². The zero-order valence-corrected chi connectivity index (χ0v) is 11.1. The van der Waals surface area contributed by atoms with Gasteiger partial charge < -0.3 is 10.5 Å². The quantitative estimate of drug-likeness (QED) is 0.747. The minimum atomic E-state index is -3.77. The number of aromatic nitrogens is 2. The fourth-order valence-electron chi connectivity index (χ4n) is 1.60. The van der Waals surface area contributed by atoms with Gasteiger partial charge in [-0.05, 0) is 12.1 Å². The van der Waals surface area contributed by atoms with E-state index in [-0.39, 0.29) is 11.6 Å². The van der Waals surface area contributed by atoms with E-state index in [0.717, 1.165) is 0 Å². The molecule has 0 spiro atoms. The third-order valence-corrected chi connectivity index (χ3v) is 3.90. The highest BCUT2D eigenvalue weighted by molar-refractivity contribution is 7.92. The summed E-state index contributed by atoms with van der Waals surface area (Å²) < 4.78 is 32.0. The third-order valence-electron chi connectivity index (χ3n) is 2.52. The molecule has 1 heterocycles. The van der Waals surface area contributed by atoms with Crippen molar-refractivity contribution >= 4 is 15.7 Å². The van der Waals surface area contributed by atoms with Crippen LogP contribution in [0, 0.1) is 0 Å². The molecule has 0 atom stereocenters. The Bertz CT molecular complexity index is 666. The Morgan fingerprint density at radius 3 is 2.84 bits per heavy atom. The highest BCUT2D eigenvalue weighted by Gasteiger charge is 2.21. The first-order chi connectivity index (χ1) is 9.08. The largest absolute Gasteiger partial charge is 0.495 e. The monoisotopic (exact) mass is 282 g/mol. The van der Waals surface area contributed by atoms with Gasteiger partial charge >= 0.3 is 0 Å². The van der Waals surface area contributed by atoms with Gasteiger partial charge in [0, 0.05) is 12.1 Å². The number of ether oxygens (including phenoxy) is 1. The van der Waals surface area contributed by atoms with Crippen LogP contribution in [0.4, 0.5) is 5.69 Å². The van der Waals surface area contributed by atoms with E-state index in [2.05, 4.69) is 14.9 Å². The first-order valence-corrected chi connectivity index (χ1v) is 6.95. The van der Waals surface area contributed by atoms with Crippen LogP contribution < -0.4 is 15.2 Å². The van der Waals surface area contributed by atoms with Gasteiger partial charge in [-0.2, -0.15) is 13.5 Å². The molecule has 0 bridgehead atoms. The number of nitrogens with two attached hydrogens (primary N) is 1. The van der Waals surface area contributed by atoms with Crippen molar-refractivity contribution in [2.45, 2.75) is 11.6 Å². The van der Waals surface area contributed by atoms with Crippen molar-refractivity contribution in [2.24, 2.45) is 5.73 Å². The first-order valence-electron chi connectivity index (χ1n) is 5.46. The van der Waals surface area contributed by atoms with Gasteiger partial charge in [0.15, 0.2) is 5.03 Å². The van der Waals surface area contributed by atoms with E-state index in [0.29, 0.717) is 17.0 Å². The molecule has 2 rings (SSSR count). The summed E-state index contributed by atoms with van der Waals surface area (Å²) in [5, 5.41) is 6.08. The molecule has 102 valence electrons. The van der Waals surface area contributed by atoms with Crippen LogP contribution in [-0.4, -0.2) is 25.7 Å². The lowest BCUT2D eigenvalue weighted by Crippen LogP contribution is -2.16. The predicted octanol–water partition coefficient (Wildman–Crippen LogP) is 0.678. The average Bonchev–Trinajstić information content (AvgIpc) is 2.88. The molecule has 0 amide bonds. The molecule has 0 fully saturated rings. The predicted molar refractivity (Wildman–Crippen MR) is 70.3 cm³/mol. The van der Waals surface area contributed by atoms with Gasteiger partial charge in [-0.25, -0.2) is 0 Å². The van der Waals surface area contributed by atoms with Gasteiger partial charge in [-0.15, -0.1) is 0 Å². The Morgan fingerprint density at radius 1 is 1.42 bits per heavy atom. The minimum absolute atomic E-state index is 0.0408. The standard InChI is InChI=1S/C11H14N4O3S/c1-18-10-5-3-2-4-9(10)15-19(16,17)11-8(6-12)7-13-14-11/h2-5,7,15H,6,12H2,1H3,(H,13,14). The fourth-order valence-corrected chi connectivity index (χ4v) is 2.82. The number of aromatic amines is 1. The lowest BCUT2D eigenvalue weighted by atomic mass is 10.3. The second kappa shape index (κ2) is 5.29. The van der Waals surface area contributed by atoms with Gasteiger partial charge in [0.2, 0.25) is 0 Å². The number of sulfonamides is 1. The van der Waals surface area contributed by atoms with Crippen LogP contribution in [0.15, 0.2) is 35.5 Å². The number of hydrogen-bond donors (Lipinski definition) is 3. The lowest BCUT2D eigenvalue weighted by molar-refractivity contribution is 0.417. The molecule has 7 nitrogen and oxygen atoms in total. The highest BCUT2D eigenvalue weighted by Crippen LogP contribution is 2.26. The van der Waals surface area contributed by atoms with E-state index in [4.69, 9.17) is 10.5 Å². The third kappa shape index (κ3) is 2.69. The van der Waals surface area contributed by atoms with Crippen molar-refractivity contribution in [1.29, 1.82) is 0 Å². The maximum absolute atomic E-state index is 12.2. The van der Waals surface area contributed by atoms with Crippen LogP contribution in [0.1, 0.15) is 5.56 Å². The van der Waals surface area contributed by atoms with Crippen LogP contribution in [0.3, 0.4) is 0 Å². The Hall–Kier alpha value is -2.06. The minimum Gasteiger partial charge on any atom is -0.495 e. The molecule has 0 unspecified atom stereocenters. The van der Waals surface area contributed by atoms with Crippen LogP contribution in [0.5, 0.6) is 5.75 Å². The van der Waals surface area contributed by atoms with Crippen LogP contribution >= 0.6 is 0 Å². The average molecular weight is 282 g/mol. The summed E-state index contributed by atoms with van der Waals surface area (Å²) in [4.78, 5) is 0. The number of methoxy groups -OCH3 is 1. The van der Waals surface area contributed by atoms with Crippen molar-refractivity contribution in [3.8, 4) is 5.75 Å². The van der Waals surface area contributed by atoms with E-state index in [1.54, 1.807) is 24.3 Å². The topological polar surface area (TPSA) is 110 Å². The van der Waals surface area contributed by atoms with Gasteiger partial charge in [0.25, 0.3) is 10.0 Å². The number of para-hydroxylation sites is 2. The van der Waals surface area contributed by atoms with Gasteiger partial charge in [0.1, 0.15) is 5.75 Å². The molecule has 8 heteroatoms. The SMILES string of the molecule is COc1ccccc1NS(=O)(=O)c1[nH]ncc1CN. The number of benzene rings is 1. The summed E-state index contributed by atoms with van der Waals surface area (Å²) in [5.74, 6) is 0.430. The van der Waals surface area contributed by atoms with E-state index in [9.17, 15) is 8.42 Å². The maximum Gasteiger partial charge on any atom is 0.279 e. The maximum atomic E-state index is 12.2. The summed E-state index contributed by atoms with van der Waals surface area (Å²) in [5.41, 5.74) is 6.23. The summed E-state index contributed by atoms with van der Waals surface area (Å²) in [7, 11) is -2.31. The van der Waals surface area contributed by atoms with Gasteiger partial charge in [-0.3, -0.25) is 9.82 Å². The fraction of sp³-hybridized carbons (Fsp3) is 0.182. The molecule has 0 saturated carbocycles. The van der Waals surface area contributed by atoms with Crippen molar-refractivity contribution in [3.63, 3.8) is 0 Å². The summed E-state index contributed by atoms with van der Waals surface area (Å²) in [6, 6.07) is 6.72. The van der Waals surface area contributed by atoms with Crippen molar-refractivity contribution < 1.29 is 13.2 Å². The Morgan fingerprint density at radius 2 is 2.16 bits per heavy atom. The van der Waals surface area contributed by atoms with Gasteiger partial charge in [-0.1, -0.05) is 12.1 Å². The molecular weight excluding hydrogens is 268 g/mol. The molecule has 0 aliphatic heterocycles. The van der Waals surface area contributed by atoms with E-state index < -0.39 is 10.0 Å². The van der Waals surface area contributed by atoms with E-state index in [1.807, 2.05) is 0 Å². The first kappa shape index (κ1) is 13.4. The van der Waals surface area contributed by atoms with Gasteiger partial charge in [0.05, 0.1) is 19.0 Å². The number of anilines is 1. The lowest BCUT2D eigenvalue weighted by Gasteiger charge is -2.11. The number of nitrogens with one attached hydrogen (secondary N) is 2. The zero-order chi connectivity index (χ0) is 13.9. The normalized spacial score (nSPS) is 11.3. The molecule has 0 radical (unpaired) electrons. The highest BCUT2D eigenvalue weighted by atomic mass is 32.2. The molecule has 0 aliphatic carbocycles. The number of hydrogen-bond acceptors (Lipinski definition) is 5. The summed E-state index contributed by atoms with van der Waals surface area (Å²) >= 11 is 0. The molecule has 19 heavy (non-hydrogen) atoms. The molecule has 4 N–H and O–H groups in total. The van der Waals surface area contributed by atoms with Crippen LogP contribution in [0.25, 0.3) is 0 Å². The van der Waals surface area contributed by atoms with E-state index in [1.165, 1.54) is 13.3 Å². The van der Waals surface area contributed by atoms with E-state index >= 15 is 0 Å². The molecular formula is C11H14N4O3S. The molecule has 0 saturated heterocycles. The zero-order valence-electron chi connectivity index (χ0n) is 10.3. The Balaban J connectivity index is 2.37. The smallest absolute Gasteiger partial charge is 0.279 e. The second-order valence-corrected chi connectivity index (χ2v) is 5.35. The second-order valence-electron chi connectivity index (χ2n) is 3.73. The summed E-state index contributed by atoms with van der Waals surface area (Å²) in [6.07, 6.45) is 1.39. The van der Waals surface area contributed by atoms with Crippen molar-refractivity contribution in [3.05, 3.63) is 36.0 Å². The number of H-pyrrole nitrogens is 1. The summed E-state index contributed by atoms with van der Waals surface area (Å²) in [6.45, 7) is 0.0820. The molecule has 1 aromatic carbocycles. The Labute approximate surface area is 110 Å². The van der Waals surface area contributed by atoms with Crippen LogP contribution in [0.2, 0.25) is 0 Å². The number of rotatable bonds is 5. The number of nitrogens with zero attached hydrogens (tertiary/aromatic N) is 1. The Kier molecular flexibility index (Phi) is 3.72.